The molecule has 112 valence electrons. The normalized spacial score (nSPS) is 12.3. The van der Waals surface area contributed by atoms with E-state index in [-0.39, 0.29) is 17.4 Å². The first-order valence-electron chi connectivity index (χ1n) is 6.76. The van der Waals surface area contributed by atoms with Crippen LogP contribution in [0.1, 0.15) is 20.3 Å². The monoisotopic (exact) mass is 352 g/mol. The molecule has 0 aliphatic rings. The Labute approximate surface area is 130 Å². The molecule has 2 rings (SSSR count). The van der Waals surface area contributed by atoms with Gasteiger partial charge in [-0.3, -0.25) is 14.3 Å². The summed E-state index contributed by atoms with van der Waals surface area (Å²) < 4.78 is 1.89. The summed E-state index contributed by atoms with van der Waals surface area (Å²) in [6.07, 6.45) is 0.870. The van der Waals surface area contributed by atoms with Gasteiger partial charge in [0.05, 0.1) is 0 Å². The number of halogens is 1. The van der Waals surface area contributed by atoms with Crippen LogP contribution in [0, 0.1) is 5.92 Å². The molecule has 2 aromatic rings. The first-order valence-corrected chi connectivity index (χ1v) is 7.56. The maximum absolute atomic E-state index is 12.1. The highest BCUT2D eigenvalue weighted by atomic mass is 79.9. The number of aromatic hydroxyl groups is 1. The first-order chi connectivity index (χ1) is 9.95. The number of rotatable bonds is 4. The zero-order chi connectivity index (χ0) is 15.6. The number of aromatic nitrogens is 2. The molecule has 0 fully saturated rings. The third-order valence-electron chi connectivity index (χ3n) is 3.51. The Balaban J connectivity index is 2.68. The fraction of sp³-hybridized carbons (Fsp3) is 0.333. The van der Waals surface area contributed by atoms with Crippen LogP contribution in [0.25, 0.3) is 11.1 Å². The maximum atomic E-state index is 12.1. The van der Waals surface area contributed by atoms with Gasteiger partial charge in [-0.1, -0.05) is 54.4 Å². The molecular formula is C15H17BrN2O3. The highest BCUT2D eigenvalue weighted by Crippen LogP contribution is 2.30. The van der Waals surface area contributed by atoms with E-state index in [4.69, 9.17) is 0 Å². The van der Waals surface area contributed by atoms with Crippen molar-refractivity contribution < 1.29 is 5.11 Å². The second kappa shape index (κ2) is 6.30. The summed E-state index contributed by atoms with van der Waals surface area (Å²) >= 11 is 3.36. The first kappa shape index (κ1) is 15.6. The van der Waals surface area contributed by atoms with Crippen molar-refractivity contribution in [2.24, 2.45) is 5.92 Å². The zero-order valence-corrected chi connectivity index (χ0v) is 13.5. The van der Waals surface area contributed by atoms with Crippen LogP contribution in [0.15, 0.2) is 38.3 Å². The molecule has 0 aliphatic heterocycles. The molecule has 6 heteroatoms. The lowest BCUT2D eigenvalue weighted by atomic mass is 10.1. The lowest BCUT2D eigenvalue weighted by molar-refractivity contribution is 0.366. The third kappa shape index (κ3) is 3.10. The molecule has 1 aromatic carbocycles. The number of benzene rings is 1. The number of aromatic amines is 1. The van der Waals surface area contributed by atoms with Crippen LogP contribution in [0.3, 0.4) is 0 Å². The summed E-state index contributed by atoms with van der Waals surface area (Å²) in [5.74, 6) is -0.0810. The standard InChI is InChI=1S/C15H17BrN2O3/c1-3-9(2)8-18-14(20)12(13(19)17-15(18)21)10-6-4-5-7-11(10)16/h4-7,9,20H,3,8H2,1-2H3,(H,17,19,21). The van der Waals surface area contributed by atoms with E-state index in [9.17, 15) is 14.7 Å². The van der Waals surface area contributed by atoms with Crippen LogP contribution < -0.4 is 11.2 Å². The SMILES string of the molecule is CCC(C)Cn1c(O)c(-c2ccccc2Br)c(=O)[nH]c1=O. The molecule has 2 N–H and O–H groups in total. The summed E-state index contributed by atoms with van der Waals surface area (Å²) in [6, 6.07) is 7.07. The number of H-pyrrole nitrogens is 1. The quantitative estimate of drug-likeness (QED) is 0.888. The van der Waals surface area contributed by atoms with Crippen LogP contribution in [-0.2, 0) is 6.54 Å². The van der Waals surface area contributed by atoms with Crippen molar-refractivity contribution in [3.05, 3.63) is 49.6 Å². The molecule has 1 aromatic heterocycles. The van der Waals surface area contributed by atoms with Crippen molar-refractivity contribution in [2.45, 2.75) is 26.8 Å². The van der Waals surface area contributed by atoms with Gasteiger partial charge in [0.2, 0.25) is 5.88 Å². The minimum absolute atomic E-state index is 0.102. The second-order valence-electron chi connectivity index (χ2n) is 5.06. The molecule has 1 unspecified atom stereocenters. The molecule has 0 bridgehead atoms. The van der Waals surface area contributed by atoms with Crippen molar-refractivity contribution in [2.75, 3.05) is 0 Å². The Morgan fingerprint density at radius 2 is 2.00 bits per heavy atom. The Bertz CT molecular complexity index is 764. The van der Waals surface area contributed by atoms with E-state index in [1.165, 1.54) is 4.57 Å². The molecule has 1 atom stereocenters. The van der Waals surface area contributed by atoms with Gasteiger partial charge < -0.3 is 5.11 Å². The van der Waals surface area contributed by atoms with Gasteiger partial charge in [-0.05, 0) is 12.0 Å². The Morgan fingerprint density at radius 1 is 1.33 bits per heavy atom. The Hall–Kier alpha value is -1.82. The van der Waals surface area contributed by atoms with E-state index in [1.54, 1.807) is 18.2 Å². The van der Waals surface area contributed by atoms with E-state index in [0.29, 0.717) is 16.6 Å². The molecule has 5 nitrogen and oxygen atoms in total. The van der Waals surface area contributed by atoms with Crippen LogP contribution in [-0.4, -0.2) is 14.7 Å². The highest BCUT2D eigenvalue weighted by molar-refractivity contribution is 9.10. The van der Waals surface area contributed by atoms with Gasteiger partial charge in [0.1, 0.15) is 5.56 Å². The summed E-state index contributed by atoms with van der Waals surface area (Å²) in [7, 11) is 0. The molecule has 0 saturated heterocycles. The summed E-state index contributed by atoms with van der Waals surface area (Å²) in [5, 5.41) is 10.4. The Morgan fingerprint density at radius 3 is 2.62 bits per heavy atom. The number of hydrogen-bond donors (Lipinski definition) is 2. The molecule has 0 spiro atoms. The van der Waals surface area contributed by atoms with E-state index in [2.05, 4.69) is 20.9 Å². The number of nitrogens with zero attached hydrogens (tertiary/aromatic N) is 1. The van der Waals surface area contributed by atoms with E-state index < -0.39 is 11.2 Å². The van der Waals surface area contributed by atoms with Gasteiger partial charge in [-0.15, -0.1) is 0 Å². The zero-order valence-electron chi connectivity index (χ0n) is 11.9. The van der Waals surface area contributed by atoms with Crippen molar-refractivity contribution >= 4 is 15.9 Å². The summed E-state index contributed by atoms with van der Waals surface area (Å²) in [4.78, 5) is 26.3. The van der Waals surface area contributed by atoms with Gasteiger partial charge in [-0.25, -0.2) is 4.79 Å². The molecule has 0 amide bonds. The van der Waals surface area contributed by atoms with E-state index in [0.717, 1.165) is 6.42 Å². The molecule has 0 radical (unpaired) electrons. The van der Waals surface area contributed by atoms with Crippen molar-refractivity contribution in [3.63, 3.8) is 0 Å². The van der Waals surface area contributed by atoms with Crippen LogP contribution in [0.4, 0.5) is 0 Å². The topological polar surface area (TPSA) is 75.1 Å². The fourth-order valence-electron chi connectivity index (χ4n) is 2.08. The lowest BCUT2D eigenvalue weighted by Gasteiger charge is -2.15. The largest absolute Gasteiger partial charge is 0.494 e. The number of nitrogens with one attached hydrogen (secondary N) is 1. The number of hydrogen-bond acceptors (Lipinski definition) is 3. The molecule has 1 heterocycles. The summed E-state index contributed by atoms with van der Waals surface area (Å²) in [6.45, 7) is 4.34. The molecule has 0 aliphatic carbocycles. The third-order valence-corrected chi connectivity index (χ3v) is 4.20. The van der Waals surface area contributed by atoms with Crippen LogP contribution in [0.5, 0.6) is 5.88 Å². The van der Waals surface area contributed by atoms with Crippen molar-refractivity contribution in [1.82, 2.24) is 9.55 Å². The molecule has 0 saturated carbocycles. The molecule has 21 heavy (non-hydrogen) atoms. The van der Waals surface area contributed by atoms with E-state index in [1.807, 2.05) is 19.9 Å². The smallest absolute Gasteiger partial charge is 0.331 e. The van der Waals surface area contributed by atoms with Crippen molar-refractivity contribution in [3.8, 4) is 17.0 Å². The van der Waals surface area contributed by atoms with Gasteiger partial charge in [0, 0.05) is 16.6 Å². The molecular weight excluding hydrogens is 336 g/mol. The predicted molar refractivity (Wildman–Crippen MR) is 85.6 cm³/mol. The van der Waals surface area contributed by atoms with Gasteiger partial charge >= 0.3 is 5.69 Å². The van der Waals surface area contributed by atoms with Crippen LogP contribution >= 0.6 is 15.9 Å². The summed E-state index contributed by atoms with van der Waals surface area (Å²) in [5.41, 5.74) is -0.530. The van der Waals surface area contributed by atoms with Crippen molar-refractivity contribution in [1.29, 1.82) is 0 Å². The minimum Gasteiger partial charge on any atom is -0.494 e. The average Bonchev–Trinajstić information content (AvgIpc) is 2.45. The predicted octanol–water partition coefficient (Wildman–Crippen LogP) is 2.72. The average molecular weight is 353 g/mol. The Kier molecular flexibility index (Phi) is 4.67. The highest BCUT2D eigenvalue weighted by Gasteiger charge is 2.18. The van der Waals surface area contributed by atoms with Gasteiger partial charge in [0.15, 0.2) is 0 Å². The van der Waals surface area contributed by atoms with Gasteiger partial charge in [-0.2, -0.15) is 0 Å². The van der Waals surface area contributed by atoms with Crippen LogP contribution in [0.2, 0.25) is 0 Å². The van der Waals surface area contributed by atoms with Gasteiger partial charge in [0.25, 0.3) is 5.56 Å². The maximum Gasteiger partial charge on any atom is 0.331 e. The fourth-order valence-corrected chi connectivity index (χ4v) is 2.56. The van der Waals surface area contributed by atoms with E-state index >= 15 is 0 Å². The minimum atomic E-state index is -0.593. The lowest BCUT2D eigenvalue weighted by Crippen LogP contribution is -2.32. The second-order valence-corrected chi connectivity index (χ2v) is 5.92.